The number of rotatable bonds is 2. The van der Waals surface area contributed by atoms with E-state index in [4.69, 9.17) is 0 Å². The van der Waals surface area contributed by atoms with Gasteiger partial charge in [0.05, 0.1) is 5.52 Å². The first-order valence-electron chi connectivity index (χ1n) is 4.76. The van der Waals surface area contributed by atoms with Crippen molar-refractivity contribution >= 4 is 37.0 Å². The molecule has 4 nitrogen and oxygen atoms in total. The maximum Gasteiger partial charge on any atom is 0.534 e. The number of hydrogen-bond donors (Lipinski definition) is 0. The summed E-state index contributed by atoms with van der Waals surface area (Å²) in [6, 6.07) is 5.53. The highest BCUT2D eigenvalue weighted by molar-refractivity contribution is 9.10. The van der Waals surface area contributed by atoms with Crippen molar-refractivity contribution in [3.05, 3.63) is 34.9 Å². The molecule has 0 aliphatic rings. The van der Waals surface area contributed by atoms with Crippen LogP contribution in [-0.2, 0) is 10.1 Å². The van der Waals surface area contributed by atoms with Gasteiger partial charge in [-0.15, -0.1) is 0 Å². The van der Waals surface area contributed by atoms with Gasteiger partial charge in [0.25, 0.3) is 0 Å². The topological polar surface area (TPSA) is 56.3 Å². The van der Waals surface area contributed by atoms with Gasteiger partial charge in [-0.1, -0.05) is 15.9 Å². The highest BCUT2D eigenvalue weighted by atomic mass is 79.9. The van der Waals surface area contributed by atoms with Crippen LogP contribution >= 0.6 is 15.9 Å². The molecule has 9 heteroatoms. The molecule has 19 heavy (non-hydrogen) atoms. The number of pyridine rings is 1. The van der Waals surface area contributed by atoms with Crippen LogP contribution in [0.5, 0.6) is 5.75 Å². The second-order valence-corrected chi connectivity index (χ2v) is 5.91. The Balaban J connectivity index is 2.53. The summed E-state index contributed by atoms with van der Waals surface area (Å²) >= 11 is 3.17. The first kappa shape index (κ1) is 14.1. The van der Waals surface area contributed by atoms with Gasteiger partial charge in [0.1, 0.15) is 0 Å². The van der Waals surface area contributed by atoms with Crippen molar-refractivity contribution in [2.75, 3.05) is 0 Å². The molecule has 0 atom stereocenters. The van der Waals surface area contributed by atoms with E-state index in [0.29, 0.717) is 9.99 Å². The maximum absolute atomic E-state index is 12.2. The summed E-state index contributed by atoms with van der Waals surface area (Å²) in [7, 11) is -5.69. The van der Waals surface area contributed by atoms with E-state index >= 15 is 0 Å². The van der Waals surface area contributed by atoms with Gasteiger partial charge in [-0.2, -0.15) is 21.6 Å². The van der Waals surface area contributed by atoms with Crippen molar-refractivity contribution in [1.29, 1.82) is 0 Å². The van der Waals surface area contributed by atoms with Crippen molar-refractivity contribution in [2.24, 2.45) is 0 Å². The molecule has 2 aromatic rings. The second-order valence-electron chi connectivity index (χ2n) is 3.45. The predicted octanol–water partition coefficient (Wildman–Crippen LogP) is 3.23. The van der Waals surface area contributed by atoms with Gasteiger partial charge >= 0.3 is 15.6 Å². The van der Waals surface area contributed by atoms with Crippen LogP contribution in [0.25, 0.3) is 10.9 Å². The molecule has 0 radical (unpaired) electrons. The van der Waals surface area contributed by atoms with Crippen LogP contribution in [0.4, 0.5) is 13.2 Å². The lowest BCUT2D eigenvalue weighted by atomic mass is 10.2. The van der Waals surface area contributed by atoms with Crippen molar-refractivity contribution in [3.63, 3.8) is 0 Å². The molecular formula is C10H5BrF3NO3S. The number of halogens is 4. The van der Waals surface area contributed by atoms with E-state index in [-0.39, 0.29) is 5.39 Å². The Morgan fingerprint density at radius 3 is 2.53 bits per heavy atom. The summed E-state index contributed by atoms with van der Waals surface area (Å²) in [6.07, 6.45) is 1.16. The Morgan fingerprint density at radius 1 is 1.21 bits per heavy atom. The zero-order valence-corrected chi connectivity index (χ0v) is 11.4. The first-order valence-corrected chi connectivity index (χ1v) is 6.96. The second kappa shape index (κ2) is 4.64. The molecular weight excluding hydrogens is 351 g/mol. The number of hydrogen-bond acceptors (Lipinski definition) is 4. The molecule has 0 aliphatic heterocycles. The third-order valence-electron chi connectivity index (χ3n) is 2.15. The quantitative estimate of drug-likeness (QED) is 0.613. The monoisotopic (exact) mass is 355 g/mol. The van der Waals surface area contributed by atoms with E-state index < -0.39 is 21.4 Å². The van der Waals surface area contributed by atoms with Crippen molar-refractivity contribution in [1.82, 2.24) is 4.98 Å². The Morgan fingerprint density at radius 2 is 1.89 bits per heavy atom. The lowest BCUT2D eigenvalue weighted by molar-refractivity contribution is -0.0499. The summed E-state index contributed by atoms with van der Waals surface area (Å²) < 4.78 is 63.4. The third kappa shape index (κ3) is 2.81. The molecule has 0 unspecified atom stereocenters. The lowest BCUT2D eigenvalue weighted by Gasteiger charge is -2.11. The summed E-state index contributed by atoms with van der Waals surface area (Å²) in [5, 5.41) is 0.165. The standard InChI is InChI=1S/C10H5BrF3NO3S/c11-6-1-2-7-8(5-6)15-4-3-9(7)18-19(16,17)10(12,13)14/h1-5H. The molecule has 0 bridgehead atoms. The van der Waals surface area contributed by atoms with Gasteiger partial charge in [0, 0.05) is 22.1 Å². The zero-order chi connectivity index (χ0) is 14.3. The van der Waals surface area contributed by atoms with Crippen molar-refractivity contribution in [2.45, 2.75) is 5.51 Å². The van der Waals surface area contributed by atoms with Crippen LogP contribution in [0.1, 0.15) is 0 Å². The van der Waals surface area contributed by atoms with Gasteiger partial charge in [0.2, 0.25) is 0 Å². The number of alkyl halides is 3. The maximum atomic E-state index is 12.2. The van der Waals surface area contributed by atoms with Crippen LogP contribution in [0, 0.1) is 0 Å². The molecule has 0 saturated carbocycles. The largest absolute Gasteiger partial charge is 0.534 e. The Bertz CT molecular complexity index is 730. The van der Waals surface area contributed by atoms with Crippen molar-refractivity contribution < 1.29 is 25.8 Å². The predicted molar refractivity (Wildman–Crippen MR) is 65.0 cm³/mol. The Kier molecular flexibility index (Phi) is 3.43. The van der Waals surface area contributed by atoms with E-state index in [1.165, 1.54) is 18.2 Å². The Labute approximate surface area is 114 Å². The first-order chi connectivity index (χ1) is 8.71. The normalized spacial score (nSPS) is 12.6. The van der Waals surface area contributed by atoms with E-state index in [1.54, 1.807) is 0 Å². The molecule has 1 heterocycles. The van der Waals surface area contributed by atoms with E-state index in [9.17, 15) is 21.6 Å². The summed E-state index contributed by atoms with van der Waals surface area (Å²) in [5.74, 6) is -0.421. The van der Waals surface area contributed by atoms with E-state index in [2.05, 4.69) is 25.1 Å². The molecule has 1 aromatic heterocycles. The fourth-order valence-corrected chi connectivity index (χ4v) is 2.16. The zero-order valence-electron chi connectivity index (χ0n) is 8.98. The van der Waals surface area contributed by atoms with Gasteiger partial charge in [0.15, 0.2) is 5.75 Å². The number of fused-ring (bicyclic) bond motifs is 1. The van der Waals surface area contributed by atoms with Gasteiger partial charge in [-0.3, -0.25) is 4.98 Å². The van der Waals surface area contributed by atoms with Crippen LogP contribution < -0.4 is 4.18 Å². The van der Waals surface area contributed by atoms with Crippen LogP contribution in [0.2, 0.25) is 0 Å². The van der Waals surface area contributed by atoms with Gasteiger partial charge in [-0.05, 0) is 18.2 Å². The molecule has 102 valence electrons. The average Bonchev–Trinajstić information content (AvgIpc) is 2.26. The Hall–Kier alpha value is -1.35. The molecule has 0 fully saturated rings. The molecule has 0 N–H and O–H groups in total. The lowest BCUT2D eigenvalue weighted by Crippen LogP contribution is -2.28. The highest BCUT2D eigenvalue weighted by Crippen LogP contribution is 2.31. The number of aromatic nitrogens is 1. The molecule has 2 rings (SSSR count). The summed E-state index contributed by atoms with van der Waals surface area (Å²) in [5.41, 5.74) is -5.16. The molecule has 1 aromatic carbocycles. The molecule has 0 saturated heterocycles. The minimum Gasteiger partial charge on any atom is -0.375 e. The fourth-order valence-electron chi connectivity index (χ4n) is 1.33. The highest BCUT2D eigenvalue weighted by Gasteiger charge is 2.48. The van der Waals surface area contributed by atoms with Crippen LogP contribution in [0.15, 0.2) is 34.9 Å². The van der Waals surface area contributed by atoms with E-state index in [0.717, 1.165) is 12.3 Å². The average molecular weight is 356 g/mol. The molecule has 0 spiro atoms. The third-order valence-corrected chi connectivity index (χ3v) is 3.61. The van der Waals surface area contributed by atoms with Crippen LogP contribution in [-0.4, -0.2) is 18.9 Å². The van der Waals surface area contributed by atoms with Gasteiger partial charge < -0.3 is 4.18 Å². The summed E-state index contributed by atoms with van der Waals surface area (Å²) in [4.78, 5) is 3.91. The molecule has 0 aliphatic carbocycles. The fraction of sp³-hybridized carbons (Fsp3) is 0.100. The van der Waals surface area contributed by atoms with Gasteiger partial charge in [-0.25, -0.2) is 0 Å². The molecule has 0 amide bonds. The van der Waals surface area contributed by atoms with Crippen LogP contribution in [0.3, 0.4) is 0 Å². The minimum atomic E-state index is -5.69. The summed E-state index contributed by atoms with van der Waals surface area (Å²) in [6.45, 7) is 0. The van der Waals surface area contributed by atoms with E-state index in [1.807, 2.05) is 0 Å². The smallest absolute Gasteiger partial charge is 0.375 e. The van der Waals surface area contributed by atoms with Crippen molar-refractivity contribution in [3.8, 4) is 5.75 Å². The minimum absolute atomic E-state index is 0.165. The number of nitrogens with zero attached hydrogens (tertiary/aromatic N) is 1. The SMILES string of the molecule is O=S(=O)(Oc1ccnc2cc(Br)ccc12)C(F)(F)F. The number of benzene rings is 1.